The van der Waals surface area contributed by atoms with Crippen LogP contribution in [0.15, 0.2) is 18.2 Å². The van der Waals surface area contributed by atoms with Gasteiger partial charge in [0.25, 0.3) is 0 Å². The fourth-order valence-electron chi connectivity index (χ4n) is 1.82. The lowest BCUT2D eigenvalue weighted by Gasteiger charge is -2.12. The first-order valence-electron chi connectivity index (χ1n) is 5.46. The molecule has 0 spiro atoms. The molecule has 0 amide bonds. The van der Waals surface area contributed by atoms with Crippen LogP contribution in [-0.4, -0.2) is 19.3 Å². The van der Waals surface area contributed by atoms with Gasteiger partial charge in [0.2, 0.25) is 0 Å². The zero-order chi connectivity index (χ0) is 10.9. The number of epoxide rings is 1. The second-order valence-electron chi connectivity index (χ2n) is 4.42. The van der Waals surface area contributed by atoms with Crippen LogP contribution in [0.5, 0.6) is 5.75 Å². The molecule has 0 aromatic heterocycles. The summed E-state index contributed by atoms with van der Waals surface area (Å²) in [7, 11) is 1.72. The molecular weight excluding hydrogens is 188 g/mol. The molecule has 82 valence electrons. The van der Waals surface area contributed by atoms with Crippen LogP contribution in [0.25, 0.3) is 0 Å². The van der Waals surface area contributed by atoms with E-state index in [1.807, 2.05) is 0 Å². The summed E-state index contributed by atoms with van der Waals surface area (Å²) in [6, 6.07) is 6.41. The van der Waals surface area contributed by atoms with Crippen LogP contribution in [0.3, 0.4) is 0 Å². The Labute approximate surface area is 91.2 Å². The Morgan fingerprint density at radius 2 is 2.20 bits per heavy atom. The van der Waals surface area contributed by atoms with Gasteiger partial charge in [-0.15, -0.1) is 0 Å². The van der Waals surface area contributed by atoms with Crippen molar-refractivity contribution >= 4 is 0 Å². The molecule has 0 saturated carbocycles. The summed E-state index contributed by atoms with van der Waals surface area (Å²) >= 11 is 0. The molecule has 1 aromatic carbocycles. The van der Waals surface area contributed by atoms with Crippen molar-refractivity contribution in [1.29, 1.82) is 0 Å². The van der Waals surface area contributed by atoms with Crippen LogP contribution in [-0.2, 0) is 17.6 Å². The number of ether oxygens (including phenoxy) is 2. The zero-order valence-corrected chi connectivity index (χ0v) is 9.67. The highest BCUT2D eigenvalue weighted by atomic mass is 16.6. The molecular formula is C13H18O2. The van der Waals surface area contributed by atoms with Crippen LogP contribution >= 0.6 is 0 Å². The van der Waals surface area contributed by atoms with Crippen molar-refractivity contribution in [3.8, 4) is 5.75 Å². The second-order valence-corrected chi connectivity index (χ2v) is 4.42. The number of aryl methyl sites for hydroxylation is 1. The van der Waals surface area contributed by atoms with Crippen molar-refractivity contribution in [2.24, 2.45) is 0 Å². The van der Waals surface area contributed by atoms with Crippen molar-refractivity contribution in [2.45, 2.75) is 32.3 Å². The molecule has 2 heteroatoms. The predicted octanol–water partition coefficient (Wildman–Crippen LogP) is 2.59. The van der Waals surface area contributed by atoms with Gasteiger partial charge in [0.1, 0.15) is 5.75 Å². The third kappa shape index (κ3) is 2.32. The summed E-state index contributed by atoms with van der Waals surface area (Å²) in [5.74, 6) is 0.976. The molecule has 1 unspecified atom stereocenters. The lowest BCUT2D eigenvalue weighted by atomic mass is 9.98. The van der Waals surface area contributed by atoms with E-state index in [1.165, 1.54) is 11.1 Å². The van der Waals surface area contributed by atoms with Crippen LogP contribution in [0, 0.1) is 0 Å². The SMILES string of the molecule is CCc1ccc(OC)c(CC2(C)CO2)c1. The Morgan fingerprint density at radius 1 is 1.47 bits per heavy atom. The zero-order valence-electron chi connectivity index (χ0n) is 9.67. The van der Waals surface area contributed by atoms with Gasteiger partial charge in [-0.3, -0.25) is 0 Å². The Kier molecular flexibility index (Phi) is 2.70. The maximum absolute atomic E-state index is 5.42. The smallest absolute Gasteiger partial charge is 0.122 e. The van der Waals surface area contributed by atoms with Gasteiger partial charge in [-0.2, -0.15) is 0 Å². The van der Waals surface area contributed by atoms with E-state index in [0.29, 0.717) is 0 Å². The molecule has 0 bridgehead atoms. The molecule has 0 radical (unpaired) electrons. The number of methoxy groups -OCH3 is 1. The number of benzene rings is 1. The van der Waals surface area contributed by atoms with E-state index in [2.05, 4.69) is 32.0 Å². The van der Waals surface area contributed by atoms with E-state index in [9.17, 15) is 0 Å². The fourth-order valence-corrected chi connectivity index (χ4v) is 1.82. The van der Waals surface area contributed by atoms with Crippen molar-refractivity contribution in [2.75, 3.05) is 13.7 Å². The third-order valence-electron chi connectivity index (χ3n) is 2.95. The Bertz CT molecular complexity index is 354. The van der Waals surface area contributed by atoms with Gasteiger partial charge in [-0.25, -0.2) is 0 Å². The van der Waals surface area contributed by atoms with Gasteiger partial charge in [0.05, 0.1) is 19.3 Å². The van der Waals surface area contributed by atoms with Gasteiger partial charge < -0.3 is 9.47 Å². The number of hydrogen-bond acceptors (Lipinski definition) is 2. The first-order valence-corrected chi connectivity index (χ1v) is 5.46. The van der Waals surface area contributed by atoms with Crippen LogP contribution in [0.4, 0.5) is 0 Å². The van der Waals surface area contributed by atoms with E-state index >= 15 is 0 Å². The van der Waals surface area contributed by atoms with Crippen molar-refractivity contribution in [1.82, 2.24) is 0 Å². The molecule has 15 heavy (non-hydrogen) atoms. The molecule has 0 N–H and O–H groups in total. The van der Waals surface area contributed by atoms with E-state index in [4.69, 9.17) is 9.47 Å². The number of hydrogen-bond donors (Lipinski definition) is 0. The summed E-state index contributed by atoms with van der Waals surface area (Å²) < 4.78 is 10.8. The monoisotopic (exact) mass is 206 g/mol. The van der Waals surface area contributed by atoms with E-state index in [1.54, 1.807) is 7.11 Å². The molecule has 1 aromatic rings. The standard InChI is InChI=1S/C13H18O2/c1-4-10-5-6-12(14-3)11(7-10)8-13(2)9-15-13/h5-7H,4,8-9H2,1-3H3. The largest absolute Gasteiger partial charge is 0.496 e. The molecule has 1 aliphatic rings. The molecule has 1 saturated heterocycles. The van der Waals surface area contributed by atoms with E-state index in [0.717, 1.165) is 25.2 Å². The molecule has 2 nitrogen and oxygen atoms in total. The highest BCUT2D eigenvalue weighted by Gasteiger charge is 2.39. The average molecular weight is 206 g/mol. The highest BCUT2D eigenvalue weighted by Crippen LogP contribution is 2.33. The van der Waals surface area contributed by atoms with E-state index < -0.39 is 0 Å². The predicted molar refractivity (Wildman–Crippen MR) is 60.4 cm³/mol. The van der Waals surface area contributed by atoms with Gasteiger partial charge in [0, 0.05) is 6.42 Å². The summed E-state index contributed by atoms with van der Waals surface area (Å²) in [4.78, 5) is 0. The average Bonchev–Trinajstić information content (AvgIpc) is 2.96. The molecule has 1 aliphatic heterocycles. The number of rotatable bonds is 4. The minimum absolute atomic E-state index is 0.0552. The van der Waals surface area contributed by atoms with Gasteiger partial charge in [-0.05, 0) is 30.5 Å². The van der Waals surface area contributed by atoms with Gasteiger partial charge >= 0.3 is 0 Å². The fraction of sp³-hybridized carbons (Fsp3) is 0.538. The summed E-state index contributed by atoms with van der Waals surface area (Å²) in [5, 5.41) is 0. The van der Waals surface area contributed by atoms with Crippen molar-refractivity contribution in [3.05, 3.63) is 29.3 Å². The summed E-state index contributed by atoms with van der Waals surface area (Å²) in [5.41, 5.74) is 2.67. The second kappa shape index (κ2) is 3.86. The van der Waals surface area contributed by atoms with Crippen molar-refractivity contribution in [3.63, 3.8) is 0 Å². The normalized spacial score (nSPS) is 23.9. The molecule has 1 heterocycles. The van der Waals surface area contributed by atoms with Crippen LogP contribution in [0.1, 0.15) is 25.0 Å². The molecule has 1 atom stereocenters. The third-order valence-corrected chi connectivity index (χ3v) is 2.95. The van der Waals surface area contributed by atoms with Gasteiger partial charge in [0.15, 0.2) is 0 Å². The Balaban J connectivity index is 2.25. The maximum atomic E-state index is 5.42. The lowest BCUT2D eigenvalue weighted by Crippen LogP contribution is -2.10. The Morgan fingerprint density at radius 3 is 2.73 bits per heavy atom. The highest BCUT2D eigenvalue weighted by molar-refractivity contribution is 5.38. The molecule has 0 aliphatic carbocycles. The molecule has 2 rings (SSSR count). The van der Waals surface area contributed by atoms with E-state index in [-0.39, 0.29) is 5.60 Å². The van der Waals surface area contributed by atoms with Crippen LogP contribution in [0.2, 0.25) is 0 Å². The van der Waals surface area contributed by atoms with Gasteiger partial charge in [-0.1, -0.05) is 19.1 Å². The first kappa shape index (κ1) is 10.5. The topological polar surface area (TPSA) is 21.8 Å². The first-order chi connectivity index (χ1) is 7.17. The van der Waals surface area contributed by atoms with Crippen LogP contribution < -0.4 is 4.74 Å². The summed E-state index contributed by atoms with van der Waals surface area (Å²) in [6.07, 6.45) is 2.01. The maximum Gasteiger partial charge on any atom is 0.122 e. The molecule has 1 fully saturated rings. The quantitative estimate of drug-likeness (QED) is 0.706. The lowest BCUT2D eigenvalue weighted by molar-refractivity contribution is 0.318. The summed E-state index contributed by atoms with van der Waals surface area (Å²) in [6.45, 7) is 5.18. The van der Waals surface area contributed by atoms with Crippen molar-refractivity contribution < 1.29 is 9.47 Å². The Hall–Kier alpha value is -1.02. The minimum atomic E-state index is 0.0552. The minimum Gasteiger partial charge on any atom is -0.496 e.